The molecule has 92 valence electrons. The first kappa shape index (κ1) is 11.9. The van der Waals surface area contributed by atoms with E-state index >= 15 is 0 Å². The molecule has 2 fully saturated rings. The second-order valence-corrected chi connectivity index (χ2v) is 6.04. The van der Waals surface area contributed by atoms with Gasteiger partial charge in [-0.1, -0.05) is 27.2 Å². The van der Waals surface area contributed by atoms with Crippen LogP contribution in [0.5, 0.6) is 0 Å². The van der Waals surface area contributed by atoms with Crippen molar-refractivity contribution in [3.8, 4) is 0 Å². The third-order valence-corrected chi connectivity index (χ3v) is 4.75. The van der Waals surface area contributed by atoms with Gasteiger partial charge in [-0.2, -0.15) is 0 Å². The molecule has 0 bridgehead atoms. The smallest absolute Gasteiger partial charge is 0.223 e. The molecule has 2 nitrogen and oxygen atoms in total. The van der Waals surface area contributed by atoms with Gasteiger partial charge in [0.2, 0.25) is 5.91 Å². The van der Waals surface area contributed by atoms with Crippen LogP contribution in [-0.2, 0) is 4.79 Å². The minimum absolute atomic E-state index is 0.317. The fourth-order valence-corrected chi connectivity index (χ4v) is 3.90. The molecule has 0 spiro atoms. The third-order valence-electron chi connectivity index (χ3n) is 4.75. The van der Waals surface area contributed by atoms with Crippen molar-refractivity contribution in [2.24, 2.45) is 35.5 Å². The Balaban J connectivity index is 2.05. The highest BCUT2D eigenvalue weighted by molar-refractivity contribution is 5.82. The second kappa shape index (κ2) is 4.38. The highest BCUT2D eigenvalue weighted by atomic mass is 16.2. The average molecular weight is 223 g/mol. The minimum atomic E-state index is 0.317. The summed E-state index contributed by atoms with van der Waals surface area (Å²) in [5.41, 5.74) is 0. The van der Waals surface area contributed by atoms with Crippen molar-refractivity contribution in [1.29, 1.82) is 0 Å². The van der Waals surface area contributed by atoms with Crippen LogP contribution >= 0.6 is 0 Å². The highest BCUT2D eigenvalue weighted by Gasteiger charge is 2.61. The molecule has 0 aromatic carbocycles. The number of carbonyl (C=O) groups excluding carboxylic acids is 1. The maximum atomic E-state index is 12.0. The Bertz CT molecular complexity index is 274. The summed E-state index contributed by atoms with van der Waals surface area (Å²) in [6, 6.07) is 0. The highest BCUT2D eigenvalue weighted by Crippen LogP contribution is 2.62. The number of hydrogen-bond acceptors (Lipinski definition) is 1. The number of carbonyl (C=O) groups is 1. The zero-order chi connectivity index (χ0) is 11.9. The predicted molar refractivity (Wildman–Crippen MR) is 65.9 cm³/mol. The number of rotatable bonds is 3. The van der Waals surface area contributed by atoms with Crippen molar-refractivity contribution in [1.82, 2.24) is 5.32 Å². The molecule has 2 heteroatoms. The van der Waals surface area contributed by atoms with Gasteiger partial charge < -0.3 is 5.32 Å². The van der Waals surface area contributed by atoms with E-state index in [1.54, 1.807) is 0 Å². The van der Waals surface area contributed by atoms with Gasteiger partial charge in [-0.15, -0.1) is 0 Å². The number of amides is 1. The molecule has 5 atom stereocenters. The molecule has 0 aromatic heterocycles. The number of nitrogens with one attached hydrogen (secondary N) is 1. The molecule has 2 saturated carbocycles. The molecule has 2 rings (SSSR count). The Labute approximate surface area is 99.2 Å². The molecular weight excluding hydrogens is 198 g/mol. The molecular formula is C14H25NO. The molecule has 0 aromatic rings. The van der Waals surface area contributed by atoms with E-state index in [1.165, 1.54) is 12.8 Å². The van der Waals surface area contributed by atoms with Crippen LogP contribution in [0.1, 0.15) is 40.5 Å². The summed E-state index contributed by atoms with van der Waals surface area (Å²) in [5.74, 6) is 4.31. The lowest BCUT2D eigenvalue weighted by Crippen LogP contribution is -2.26. The Morgan fingerprint density at radius 2 is 2.00 bits per heavy atom. The molecule has 2 aliphatic rings. The van der Waals surface area contributed by atoms with Gasteiger partial charge in [0.15, 0.2) is 0 Å². The summed E-state index contributed by atoms with van der Waals surface area (Å²) in [4.78, 5) is 12.0. The van der Waals surface area contributed by atoms with E-state index < -0.39 is 0 Å². The first-order valence-corrected chi connectivity index (χ1v) is 6.85. The first-order valence-electron chi connectivity index (χ1n) is 6.85. The van der Waals surface area contributed by atoms with Crippen molar-refractivity contribution in [2.75, 3.05) is 6.54 Å². The van der Waals surface area contributed by atoms with Crippen LogP contribution in [0.25, 0.3) is 0 Å². The molecule has 0 aliphatic heterocycles. The number of hydrogen-bond donors (Lipinski definition) is 1. The maximum Gasteiger partial charge on any atom is 0.223 e. The summed E-state index contributed by atoms with van der Waals surface area (Å²) in [5, 5.41) is 3.00. The van der Waals surface area contributed by atoms with Crippen LogP contribution in [-0.4, -0.2) is 12.5 Å². The van der Waals surface area contributed by atoms with Gasteiger partial charge in [-0.25, -0.2) is 0 Å². The van der Waals surface area contributed by atoms with Gasteiger partial charge in [0.05, 0.1) is 0 Å². The van der Waals surface area contributed by atoms with Crippen LogP contribution in [0.3, 0.4) is 0 Å². The maximum absolute atomic E-state index is 12.0. The van der Waals surface area contributed by atoms with E-state index in [0.717, 1.165) is 24.3 Å². The Morgan fingerprint density at radius 1 is 1.31 bits per heavy atom. The quantitative estimate of drug-likeness (QED) is 0.783. The summed E-state index contributed by atoms with van der Waals surface area (Å²) in [6.07, 6.45) is 2.65. The molecule has 0 heterocycles. The molecule has 2 aliphatic carbocycles. The van der Waals surface area contributed by atoms with Crippen molar-refractivity contribution in [3.05, 3.63) is 0 Å². The average Bonchev–Trinajstić information content (AvgIpc) is 2.94. The Morgan fingerprint density at radius 3 is 2.56 bits per heavy atom. The topological polar surface area (TPSA) is 29.1 Å². The van der Waals surface area contributed by atoms with Gasteiger partial charge in [0.25, 0.3) is 0 Å². The van der Waals surface area contributed by atoms with E-state index in [-0.39, 0.29) is 0 Å². The summed E-state index contributed by atoms with van der Waals surface area (Å²) >= 11 is 0. The van der Waals surface area contributed by atoms with E-state index in [9.17, 15) is 4.79 Å². The second-order valence-electron chi connectivity index (χ2n) is 6.04. The molecule has 1 amide bonds. The first-order chi connectivity index (χ1) is 7.57. The standard InChI is InChI=1S/C14H25NO/c1-5-15-14(16)13-11-9(4)6-7-10(8(2)3)12(11)13/h8-13H,5-7H2,1-4H3,(H,15,16)/t9-,10+,11?,12?,13?/m1/s1. The lowest BCUT2D eigenvalue weighted by Gasteiger charge is -2.28. The fourth-order valence-electron chi connectivity index (χ4n) is 3.90. The molecule has 0 radical (unpaired) electrons. The third kappa shape index (κ3) is 1.87. The molecule has 0 saturated heterocycles. The summed E-state index contributed by atoms with van der Waals surface area (Å²) in [7, 11) is 0. The normalized spacial score (nSPS) is 41.7. The van der Waals surface area contributed by atoms with Crippen LogP contribution in [0, 0.1) is 35.5 Å². The molecule has 1 N–H and O–H groups in total. The number of fused-ring (bicyclic) bond motifs is 1. The SMILES string of the molecule is CCNC(=O)C1C2C1[C@H](C)CC[C@H]2C(C)C. The zero-order valence-corrected chi connectivity index (χ0v) is 11.0. The molecule has 3 unspecified atom stereocenters. The predicted octanol–water partition coefficient (Wildman–Crippen LogP) is 2.69. The van der Waals surface area contributed by atoms with Gasteiger partial charge in [-0.05, 0) is 42.9 Å². The minimum Gasteiger partial charge on any atom is -0.356 e. The lowest BCUT2D eigenvalue weighted by atomic mass is 9.77. The van der Waals surface area contributed by atoms with Crippen LogP contribution < -0.4 is 5.32 Å². The van der Waals surface area contributed by atoms with Crippen LogP contribution in [0.4, 0.5) is 0 Å². The van der Waals surface area contributed by atoms with Crippen LogP contribution in [0.15, 0.2) is 0 Å². The molecule has 16 heavy (non-hydrogen) atoms. The lowest BCUT2D eigenvalue weighted by molar-refractivity contribution is -0.123. The van der Waals surface area contributed by atoms with Crippen LogP contribution in [0.2, 0.25) is 0 Å². The van der Waals surface area contributed by atoms with Gasteiger partial charge >= 0.3 is 0 Å². The van der Waals surface area contributed by atoms with Crippen molar-refractivity contribution in [2.45, 2.75) is 40.5 Å². The van der Waals surface area contributed by atoms with Crippen molar-refractivity contribution >= 4 is 5.91 Å². The Kier molecular flexibility index (Phi) is 3.27. The van der Waals surface area contributed by atoms with E-state index in [4.69, 9.17) is 0 Å². The summed E-state index contributed by atoms with van der Waals surface area (Å²) in [6.45, 7) is 9.73. The monoisotopic (exact) mass is 223 g/mol. The van der Waals surface area contributed by atoms with E-state index in [0.29, 0.717) is 23.7 Å². The van der Waals surface area contributed by atoms with Crippen molar-refractivity contribution < 1.29 is 4.79 Å². The fraction of sp³-hybridized carbons (Fsp3) is 0.929. The van der Waals surface area contributed by atoms with Crippen molar-refractivity contribution in [3.63, 3.8) is 0 Å². The van der Waals surface area contributed by atoms with E-state index in [1.807, 2.05) is 6.92 Å². The van der Waals surface area contributed by atoms with Gasteiger partial charge in [0.1, 0.15) is 0 Å². The van der Waals surface area contributed by atoms with E-state index in [2.05, 4.69) is 26.1 Å². The largest absolute Gasteiger partial charge is 0.356 e. The summed E-state index contributed by atoms with van der Waals surface area (Å²) < 4.78 is 0. The van der Waals surface area contributed by atoms with Gasteiger partial charge in [0, 0.05) is 12.5 Å². The Hall–Kier alpha value is -0.530. The van der Waals surface area contributed by atoms with Gasteiger partial charge in [-0.3, -0.25) is 4.79 Å². The zero-order valence-electron chi connectivity index (χ0n) is 11.0.